The van der Waals surface area contributed by atoms with Crippen LogP contribution < -0.4 is 5.32 Å². The van der Waals surface area contributed by atoms with E-state index in [0.717, 1.165) is 25.3 Å². The fourth-order valence-electron chi connectivity index (χ4n) is 0.722. The average Bonchev–Trinajstić information content (AvgIpc) is 2.09. The molecule has 0 aromatic heterocycles. The SMILES string of the molecule is C=C(C)COCCNC/C=C/CCl. The molecule has 13 heavy (non-hydrogen) atoms. The minimum atomic E-state index is 0.577. The second kappa shape index (κ2) is 9.78. The predicted molar refractivity (Wildman–Crippen MR) is 58.4 cm³/mol. The van der Waals surface area contributed by atoms with E-state index in [2.05, 4.69) is 11.9 Å². The Bertz CT molecular complexity index is 157. The van der Waals surface area contributed by atoms with Crippen LogP contribution in [0.1, 0.15) is 6.92 Å². The van der Waals surface area contributed by atoms with Gasteiger partial charge in [-0.15, -0.1) is 11.6 Å². The summed E-state index contributed by atoms with van der Waals surface area (Å²) in [5.74, 6) is 0.577. The Kier molecular flexibility index (Phi) is 9.54. The molecule has 0 saturated heterocycles. The Hall–Kier alpha value is -0.310. The van der Waals surface area contributed by atoms with E-state index in [1.165, 1.54) is 0 Å². The summed E-state index contributed by atoms with van der Waals surface area (Å²) in [6.45, 7) is 8.78. The largest absolute Gasteiger partial charge is 0.376 e. The molecule has 2 nitrogen and oxygen atoms in total. The molecule has 0 heterocycles. The van der Waals surface area contributed by atoms with E-state index in [1.807, 2.05) is 19.1 Å². The highest BCUT2D eigenvalue weighted by molar-refractivity contribution is 6.18. The number of halogens is 1. The van der Waals surface area contributed by atoms with Gasteiger partial charge in [-0.3, -0.25) is 0 Å². The van der Waals surface area contributed by atoms with E-state index in [0.29, 0.717) is 12.5 Å². The summed E-state index contributed by atoms with van der Waals surface area (Å²) < 4.78 is 5.29. The minimum absolute atomic E-state index is 0.577. The highest BCUT2D eigenvalue weighted by atomic mass is 35.5. The van der Waals surface area contributed by atoms with Gasteiger partial charge in [0.1, 0.15) is 0 Å². The quantitative estimate of drug-likeness (QED) is 0.370. The van der Waals surface area contributed by atoms with Crippen molar-refractivity contribution in [2.75, 3.05) is 32.2 Å². The highest BCUT2D eigenvalue weighted by Crippen LogP contribution is 1.86. The first-order valence-electron chi connectivity index (χ1n) is 4.41. The summed E-state index contributed by atoms with van der Waals surface area (Å²) in [5, 5.41) is 3.19. The first-order valence-corrected chi connectivity index (χ1v) is 4.94. The van der Waals surface area contributed by atoms with Gasteiger partial charge in [0.05, 0.1) is 13.2 Å². The summed E-state index contributed by atoms with van der Waals surface area (Å²) in [6, 6.07) is 0. The number of nitrogens with one attached hydrogen (secondary N) is 1. The van der Waals surface area contributed by atoms with Crippen LogP contribution in [0.3, 0.4) is 0 Å². The molecular weight excluding hydrogens is 186 g/mol. The molecule has 0 atom stereocenters. The van der Waals surface area contributed by atoms with Crippen molar-refractivity contribution in [1.29, 1.82) is 0 Å². The molecule has 0 aromatic rings. The van der Waals surface area contributed by atoms with Crippen LogP contribution in [0.4, 0.5) is 0 Å². The van der Waals surface area contributed by atoms with E-state index in [9.17, 15) is 0 Å². The Morgan fingerprint density at radius 2 is 2.31 bits per heavy atom. The van der Waals surface area contributed by atoms with Gasteiger partial charge < -0.3 is 10.1 Å². The van der Waals surface area contributed by atoms with E-state index in [1.54, 1.807) is 0 Å². The summed E-state index contributed by atoms with van der Waals surface area (Å²) in [6.07, 6.45) is 3.93. The molecule has 0 aliphatic rings. The Morgan fingerprint density at radius 1 is 1.54 bits per heavy atom. The van der Waals surface area contributed by atoms with Crippen molar-refractivity contribution in [2.24, 2.45) is 0 Å². The van der Waals surface area contributed by atoms with Crippen molar-refractivity contribution in [3.05, 3.63) is 24.3 Å². The van der Waals surface area contributed by atoms with Crippen molar-refractivity contribution in [3.63, 3.8) is 0 Å². The standard InChI is InChI=1S/C10H18ClNO/c1-10(2)9-13-8-7-12-6-4-3-5-11/h3-4,12H,1,5-9H2,2H3/b4-3+. The fourth-order valence-corrected chi connectivity index (χ4v) is 0.848. The normalized spacial score (nSPS) is 10.9. The van der Waals surface area contributed by atoms with Crippen molar-refractivity contribution in [3.8, 4) is 0 Å². The molecule has 0 radical (unpaired) electrons. The molecule has 3 heteroatoms. The lowest BCUT2D eigenvalue weighted by Crippen LogP contribution is -2.19. The first-order chi connectivity index (χ1) is 6.27. The number of hydrogen-bond donors (Lipinski definition) is 1. The zero-order chi connectivity index (χ0) is 9.94. The fraction of sp³-hybridized carbons (Fsp3) is 0.600. The van der Waals surface area contributed by atoms with Gasteiger partial charge in [0, 0.05) is 19.0 Å². The van der Waals surface area contributed by atoms with Crippen LogP contribution in [-0.2, 0) is 4.74 Å². The van der Waals surface area contributed by atoms with E-state index in [4.69, 9.17) is 16.3 Å². The Morgan fingerprint density at radius 3 is 2.92 bits per heavy atom. The third-order valence-corrected chi connectivity index (χ3v) is 1.47. The van der Waals surface area contributed by atoms with Gasteiger partial charge in [-0.1, -0.05) is 24.3 Å². The summed E-state index contributed by atoms with van der Waals surface area (Å²) in [7, 11) is 0. The van der Waals surface area contributed by atoms with E-state index >= 15 is 0 Å². The van der Waals surface area contributed by atoms with Crippen LogP contribution in [0.15, 0.2) is 24.3 Å². The van der Waals surface area contributed by atoms with Gasteiger partial charge in [0.25, 0.3) is 0 Å². The van der Waals surface area contributed by atoms with Crippen molar-refractivity contribution in [1.82, 2.24) is 5.32 Å². The van der Waals surface area contributed by atoms with Gasteiger partial charge in [0.2, 0.25) is 0 Å². The second-order valence-electron chi connectivity index (χ2n) is 2.84. The molecular formula is C10H18ClNO. The van der Waals surface area contributed by atoms with Crippen LogP contribution in [0.5, 0.6) is 0 Å². The average molecular weight is 204 g/mol. The number of allylic oxidation sites excluding steroid dienone is 1. The predicted octanol–water partition coefficient (Wildman–Crippen LogP) is 1.96. The zero-order valence-corrected chi connectivity index (χ0v) is 8.94. The second-order valence-corrected chi connectivity index (χ2v) is 3.15. The van der Waals surface area contributed by atoms with Gasteiger partial charge in [-0.05, 0) is 6.92 Å². The Labute approximate surface area is 85.6 Å². The smallest absolute Gasteiger partial charge is 0.0672 e. The molecule has 0 bridgehead atoms. The van der Waals surface area contributed by atoms with Crippen molar-refractivity contribution in [2.45, 2.75) is 6.92 Å². The molecule has 0 unspecified atom stereocenters. The molecule has 76 valence electrons. The van der Waals surface area contributed by atoms with Crippen LogP contribution in [0, 0.1) is 0 Å². The van der Waals surface area contributed by atoms with Crippen LogP contribution in [-0.4, -0.2) is 32.2 Å². The monoisotopic (exact) mass is 203 g/mol. The minimum Gasteiger partial charge on any atom is -0.376 e. The molecule has 0 aliphatic carbocycles. The van der Waals surface area contributed by atoms with E-state index < -0.39 is 0 Å². The number of alkyl halides is 1. The number of ether oxygens (including phenoxy) is 1. The number of hydrogen-bond acceptors (Lipinski definition) is 2. The molecule has 0 amide bonds. The maximum atomic E-state index is 5.45. The Balaban J connectivity index is 2.99. The third-order valence-electron chi connectivity index (χ3n) is 1.29. The van der Waals surface area contributed by atoms with Crippen LogP contribution >= 0.6 is 11.6 Å². The van der Waals surface area contributed by atoms with Gasteiger partial charge >= 0.3 is 0 Å². The lowest BCUT2D eigenvalue weighted by molar-refractivity contribution is 0.159. The lowest BCUT2D eigenvalue weighted by atomic mass is 10.4. The topological polar surface area (TPSA) is 21.3 Å². The van der Waals surface area contributed by atoms with Gasteiger partial charge in [-0.2, -0.15) is 0 Å². The van der Waals surface area contributed by atoms with Crippen LogP contribution in [0.2, 0.25) is 0 Å². The maximum Gasteiger partial charge on any atom is 0.0672 e. The van der Waals surface area contributed by atoms with Gasteiger partial charge in [0.15, 0.2) is 0 Å². The molecule has 0 fully saturated rings. The molecule has 0 rings (SSSR count). The van der Waals surface area contributed by atoms with Gasteiger partial charge in [-0.25, -0.2) is 0 Å². The van der Waals surface area contributed by atoms with Crippen LogP contribution in [0.25, 0.3) is 0 Å². The molecule has 1 N–H and O–H groups in total. The summed E-state index contributed by atoms with van der Waals surface area (Å²) >= 11 is 5.45. The highest BCUT2D eigenvalue weighted by Gasteiger charge is 1.87. The van der Waals surface area contributed by atoms with E-state index in [-0.39, 0.29) is 0 Å². The molecule has 0 saturated carbocycles. The summed E-state index contributed by atoms with van der Waals surface area (Å²) in [4.78, 5) is 0. The lowest BCUT2D eigenvalue weighted by Gasteiger charge is -2.03. The maximum absolute atomic E-state index is 5.45. The number of rotatable bonds is 8. The third kappa shape index (κ3) is 11.7. The molecule has 0 aromatic carbocycles. The zero-order valence-electron chi connectivity index (χ0n) is 8.18. The van der Waals surface area contributed by atoms with Crippen molar-refractivity contribution >= 4 is 11.6 Å². The van der Waals surface area contributed by atoms with Crippen molar-refractivity contribution < 1.29 is 4.74 Å². The molecule has 0 spiro atoms. The molecule has 0 aliphatic heterocycles. The first kappa shape index (κ1) is 12.7. The summed E-state index contributed by atoms with van der Waals surface area (Å²) in [5.41, 5.74) is 1.06.